The van der Waals surface area contributed by atoms with Crippen LogP contribution in [0.2, 0.25) is 0 Å². The monoisotopic (exact) mass is 308 g/mol. The Morgan fingerprint density at radius 3 is 2.89 bits per heavy atom. The number of amides is 1. The predicted molar refractivity (Wildman–Crippen MR) is 80.1 cm³/mol. The summed E-state index contributed by atoms with van der Waals surface area (Å²) < 4.78 is 2.04. The first-order valence-electron chi connectivity index (χ1n) is 6.26. The minimum Gasteiger partial charge on any atom is -0.353 e. The van der Waals surface area contributed by atoms with Crippen molar-refractivity contribution in [2.75, 3.05) is 13.1 Å². The van der Waals surface area contributed by atoms with Crippen LogP contribution in [0.25, 0.3) is 0 Å². The normalized spacial score (nSPS) is 18.1. The molecule has 1 saturated heterocycles. The second kappa shape index (κ2) is 9.18. The van der Waals surface area contributed by atoms with Crippen molar-refractivity contribution in [2.45, 2.75) is 38.8 Å². The molecule has 5 nitrogen and oxygen atoms in total. The van der Waals surface area contributed by atoms with Crippen molar-refractivity contribution in [1.29, 1.82) is 0 Å². The van der Waals surface area contributed by atoms with Crippen LogP contribution in [0.3, 0.4) is 0 Å². The van der Waals surface area contributed by atoms with Crippen molar-refractivity contribution in [1.82, 2.24) is 20.2 Å². The molecule has 1 amide bonds. The van der Waals surface area contributed by atoms with Gasteiger partial charge in [-0.2, -0.15) is 0 Å². The molecule has 1 aromatic rings. The Bertz CT molecular complexity index is 378. The predicted octanol–water partition coefficient (Wildman–Crippen LogP) is 1.29. The van der Waals surface area contributed by atoms with E-state index in [9.17, 15) is 4.79 Å². The number of aromatic nitrogens is 2. The molecule has 2 heterocycles. The highest BCUT2D eigenvalue weighted by Crippen LogP contribution is 2.06. The molecule has 1 unspecified atom stereocenters. The molecule has 1 aliphatic rings. The number of hydrogen-bond donors (Lipinski definition) is 2. The van der Waals surface area contributed by atoms with Crippen molar-refractivity contribution < 1.29 is 4.79 Å². The molecule has 0 aromatic carbocycles. The number of carbonyl (C=O) groups is 1. The SMILES string of the molecule is Cc1nccn1CCNC(=O)C1CCCCN1.Cl.Cl. The molecule has 1 aromatic heterocycles. The lowest BCUT2D eigenvalue weighted by atomic mass is 10.0. The first-order chi connectivity index (χ1) is 8.27. The third kappa shape index (κ3) is 5.38. The number of carbonyl (C=O) groups excluding carboxylic acids is 1. The Morgan fingerprint density at radius 1 is 1.53 bits per heavy atom. The maximum Gasteiger partial charge on any atom is 0.237 e. The number of piperidine rings is 1. The molecule has 0 saturated carbocycles. The fraction of sp³-hybridized carbons (Fsp3) is 0.667. The van der Waals surface area contributed by atoms with Gasteiger partial charge in [-0.15, -0.1) is 24.8 Å². The lowest BCUT2D eigenvalue weighted by Gasteiger charge is -2.22. The third-order valence-corrected chi connectivity index (χ3v) is 3.20. The molecule has 7 heteroatoms. The molecular weight excluding hydrogens is 287 g/mol. The van der Waals surface area contributed by atoms with Crippen LogP contribution in [0.5, 0.6) is 0 Å². The van der Waals surface area contributed by atoms with Crippen molar-refractivity contribution in [3.8, 4) is 0 Å². The number of nitrogens with zero attached hydrogens (tertiary/aromatic N) is 2. The zero-order chi connectivity index (χ0) is 12.1. The number of rotatable bonds is 4. The zero-order valence-electron chi connectivity index (χ0n) is 11.1. The highest BCUT2D eigenvalue weighted by atomic mass is 35.5. The molecule has 0 spiro atoms. The van der Waals surface area contributed by atoms with Crippen LogP contribution in [0.4, 0.5) is 0 Å². The van der Waals surface area contributed by atoms with Gasteiger partial charge >= 0.3 is 0 Å². The first-order valence-corrected chi connectivity index (χ1v) is 6.26. The van der Waals surface area contributed by atoms with Gasteiger partial charge in [-0.25, -0.2) is 4.98 Å². The smallest absolute Gasteiger partial charge is 0.237 e. The molecule has 1 aliphatic heterocycles. The fourth-order valence-corrected chi connectivity index (χ4v) is 2.14. The second-order valence-electron chi connectivity index (χ2n) is 4.46. The van der Waals surface area contributed by atoms with Crippen LogP contribution in [0.15, 0.2) is 12.4 Å². The molecule has 2 rings (SSSR count). The van der Waals surface area contributed by atoms with E-state index in [1.807, 2.05) is 17.7 Å². The summed E-state index contributed by atoms with van der Waals surface area (Å²) >= 11 is 0. The van der Waals surface area contributed by atoms with E-state index in [-0.39, 0.29) is 36.8 Å². The summed E-state index contributed by atoms with van der Waals surface area (Å²) in [5, 5.41) is 6.21. The van der Waals surface area contributed by atoms with E-state index in [0.717, 1.165) is 31.8 Å². The maximum absolute atomic E-state index is 11.8. The first kappa shape index (κ1) is 18.2. The van der Waals surface area contributed by atoms with E-state index in [1.54, 1.807) is 6.20 Å². The van der Waals surface area contributed by atoms with Crippen molar-refractivity contribution in [3.05, 3.63) is 18.2 Å². The van der Waals surface area contributed by atoms with Crippen LogP contribution < -0.4 is 10.6 Å². The van der Waals surface area contributed by atoms with Gasteiger partial charge in [0.1, 0.15) is 5.82 Å². The Hall–Kier alpha value is -0.780. The summed E-state index contributed by atoms with van der Waals surface area (Å²) in [6, 6.07) is 0.00707. The van der Waals surface area contributed by atoms with Gasteiger partial charge < -0.3 is 15.2 Å². The standard InChI is InChI=1S/C12H20N4O.2ClH/c1-10-13-6-8-16(10)9-7-15-12(17)11-4-2-3-5-14-11;;/h6,8,11,14H,2-5,7,9H2,1H3,(H,15,17);2*1H. The number of imidazole rings is 1. The van der Waals surface area contributed by atoms with Crippen LogP contribution >= 0.6 is 24.8 Å². The summed E-state index contributed by atoms with van der Waals surface area (Å²) in [4.78, 5) is 16.0. The number of halogens is 2. The summed E-state index contributed by atoms with van der Waals surface area (Å²) in [7, 11) is 0. The molecule has 0 bridgehead atoms. The van der Waals surface area contributed by atoms with Crippen molar-refractivity contribution in [2.24, 2.45) is 0 Å². The van der Waals surface area contributed by atoms with Gasteiger partial charge in [0.05, 0.1) is 6.04 Å². The minimum absolute atomic E-state index is 0. The van der Waals surface area contributed by atoms with Gasteiger partial charge in [-0.1, -0.05) is 6.42 Å². The fourth-order valence-electron chi connectivity index (χ4n) is 2.14. The molecule has 0 radical (unpaired) electrons. The van der Waals surface area contributed by atoms with E-state index in [4.69, 9.17) is 0 Å². The van der Waals surface area contributed by atoms with E-state index in [0.29, 0.717) is 6.54 Å². The van der Waals surface area contributed by atoms with Gasteiger partial charge in [0.25, 0.3) is 0 Å². The Labute approximate surface area is 126 Å². The lowest BCUT2D eigenvalue weighted by molar-refractivity contribution is -0.123. The van der Waals surface area contributed by atoms with Gasteiger partial charge in [0.15, 0.2) is 0 Å². The topological polar surface area (TPSA) is 59.0 Å². The third-order valence-electron chi connectivity index (χ3n) is 3.20. The Morgan fingerprint density at radius 2 is 2.32 bits per heavy atom. The second-order valence-corrected chi connectivity index (χ2v) is 4.46. The van der Waals surface area contributed by atoms with Crippen molar-refractivity contribution in [3.63, 3.8) is 0 Å². The van der Waals surface area contributed by atoms with Crippen molar-refractivity contribution >= 4 is 30.7 Å². The minimum atomic E-state index is 0. The van der Waals surface area contributed by atoms with Gasteiger partial charge in [-0.3, -0.25) is 4.79 Å². The molecule has 2 N–H and O–H groups in total. The highest BCUT2D eigenvalue weighted by Gasteiger charge is 2.19. The summed E-state index contributed by atoms with van der Waals surface area (Å²) in [5.41, 5.74) is 0. The molecule has 0 aliphatic carbocycles. The molecule has 1 atom stereocenters. The summed E-state index contributed by atoms with van der Waals surface area (Å²) in [6.07, 6.45) is 6.99. The maximum atomic E-state index is 11.8. The average Bonchev–Trinajstić information content (AvgIpc) is 2.76. The van der Waals surface area contributed by atoms with Gasteiger partial charge in [0.2, 0.25) is 5.91 Å². The quantitative estimate of drug-likeness (QED) is 0.881. The summed E-state index contributed by atoms with van der Waals surface area (Å²) in [6.45, 7) is 4.36. The zero-order valence-corrected chi connectivity index (χ0v) is 12.7. The van der Waals surface area contributed by atoms with E-state index >= 15 is 0 Å². The van der Waals surface area contributed by atoms with Crippen LogP contribution in [0.1, 0.15) is 25.1 Å². The van der Waals surface area contributed by atoms with E-state index < -0.39 is 0 Å². The molecule has 19 heavy (non-hydrogen) atoms. The molecule has 1 fully saturated rings. The molecule has 110 valence electrons. The van der Waals surface area contributed by atoms with E-state index in [1.165, 1.54) is 6.42 Å². The number of nitrogens with one attached hydrogen (secondary N) is 2. The largest absolute Gasteiger partial charge is 0.353 e. The van der Waals surface area contributed by atoms with Gasteiger partial charge in [0, 0.05) is 25.5 Å². The Kier molecular flexibility index (Phi) is 8.80. The van der Waals surface area contributed by atoms with Crippen LogP contribution in [-0.4, -0.2) is 34.6 Å². The van der Waals surface area contributed by atoms with Crippen LogP contribution in [0, 0.1) is 6.92 Å². The molecular formula is C12H22Cl2N4O. The van der Waals surface area contributed by atoms with Gasteiger partial charge in [-0.05, 0) is 26.3 Å². The average molecular weight is 309 g/mol. The van der Waals surface area contributed by atoms with E-state index in [2.05, 4.69) is 15.6 Å². The number of aryl methyl sites for hydroxylation is 1. The Balaban J connectivity index is 0.00000162. The number of hydrogen-bond acceptors (Lipinski definition) is 3. The van der Waals surface area contributed by atoms with Crippen LogP contribution in [-0.2, 0) is 11.3 Å². The lowest BCUT2D eigenvalue weighted by Crippen LogP contribution is -2.47. The summed E-state index contributed by atoms with van der Waals surface area (Å²) in [5.74, 6) is 1.11. The highest BCUT2D eigenvalue weighted by molar-refractivity contribution is 5.85.